The molecule has 1 unspecified atom stereocenters. The number of aromatic nitrogens is 3. The molecule has 0 bridgehead atoms. The lowest BCUT2D eigenvalue weighted by atomic mass is 10.0. The van der Waals surface area contributed by atoms with Gasteiger partial charge in [0, 0.05) is 42.3 Å². The predicted molar refractivity (Wildman–Crippen MR) is 170 cm³/mol. The molecule has 3 heterocycles. The molecule has 44 heavy (non-hydrogen) atoms. The molecule has 11 nitrogen and oxygen atoms in total. The Hall–Kier alpha value is -4.45. The van der Waals surface area contributed by atoms with Gasteiger partial charge in [0.2, 0.25) is 21.9 Å². The molecule has 3 N–H and O–H groups in total. The van der Waals surface area contributed by atoms with Gasteiger partial charge in [0.1, 0.15) is 5.75 Å². The highest BCUT2D eigenvalue weighted by molar-refractivity contribution is 7.92. The van der Waals surface area contributed by atoms with Gasteiger partial charge in [-0.15, -0.1) is 0 Å². The molecule has 12 heteroatoms. The van der Waals surface area contributed by atoms with Crippen molar-refractivity contribution >= 4 is 38.5 Å². The first-order valence-corrected chi connectivity index (χ1v) is 16.6. The number of fused-ring (bicyclic) bond motifs is 1. The largest absolute Gasteiger partial charge is 0.465 e. The van der Waals surface area contributed by atoms with E-state index in [1.165, 1.54) is 4.90 Å². The molecule has 1 saturated heterocycles. The average molecular weight is 617 g/mol. The fraction of sp³-hybridized carbons (Fsp3) is 0.375. The van der Waals surface area contributed by atoms with Crippen LogP contribution in [0.1, 0.15) is 44.1 Å². The molecule has 6 rings (SSSR count). The quantitative estimate of drug-likeness (QED) is 0.198. The highest BCUT2D eigenvalue weighted by Crippen LogP contribution is 2.39. The van der Waals surface area contributed by atoms with E-state index in [4.69, 9.17) is 9.72 Å². The standard InChI is InChI=1S/C32H36N6O5S/c1-21-13-14-24-25(10-4-12-28(24)37-44(41,42)20-22-7-2-3-8-22)29(21)43-30-26(11-5-16-33-30)27-15-17-34-31(36-27)35-23-9-6-18-38(19-23)32(39)40/h4-5,10-17,22-23,37H,2-3,6-9,18-20H2,1H3,(H,39,40)(H,34,35,36). The summed E-state index contributed by atoms with van der Waals surface area (Å²) in [4.78, 5) is 26.4. The lowest BCUT2D eigenvalue weighted by molar-refractivity contribution is 0.132. The van der Waals surface area contributed by atoms with Gasteiger partial charge >= 0.3 is 6.09 Å². The van der Waals surface area contributed by atoms with Crippen molar-refractivity contribution in [3.8, 4) is 22.9 Å². The molecule has 2 fully saturated rings. The van der Waals surface area contributed by atoms with Crippen molar-refractivity contribution in [2.75, 3.05) is 28.9 Å². The summed E-state index contributed by atoms with van der Waals surface area (Å²) in [5.41, 5.74) is 2.63. The molecule has 2 aromatic heterocycles. The fourth-order valence-electron chi connectivity index (χ4n) is 6.15. The molecule has 1 aliphatic carbocycles. The van der Waals surface area contributed by atoms with Crippen LogP contribution < -0.4 is 14.8 Å². The maximum absolute atomic E-state index is 13.0. The highest BCUT2D eigenvalue weighted by atomic mass is 32.2. The number of hydrogen-bond acceptors (Lipinski definition) is 8. The van der Waals surface area contributed by atoms with Crippen LogP contribution in [0, 0.1) is 12.8 Å². The fourth-order valence-corrected chi connectivity index (χ4v) is 7.70. The van der Waals surface area contributed by atoms with Crippen LogP contribution in [0.5, 0.6) is 11.6 Å². The second-order valence-electron chi connectivity index (χ2n) is 11.6. The topological polar surface area (TPSA) is 147 Å². The molecule has 230 valence electrons. The van der Waals surface area contributed by atoms with Gasteiger partial charge in [-0.2, -0.15) is 0 Å². The first kappa shape index (κ1) is 29.6. The third kappa shape index (κ3) is 6.70. The minimum Gasteiger partial charge on any atom is -0.465 e. The SMILES string of the molecule is Cc1ccc2c(NS(=O)(=O)CC3CCCC3)cccc2c1Oc1ncccc1-c1ccnc(NC2CCCN(C(=O)O)C2)n1. The van der Waals surface area contributed by atoms with E-state index in [9.17, 15) is 18.3 Å². The number of hydrogen-bond donors (Lipinski definition) is 3. The van der Waals surface area contributed by atoms with Gasteiger partial charge < -0.3 is 20.1 Å². The van der Waals surface area contributed by atoms with Gasteiger partial charge in [0.25, 0.3) is 0 Å². The molecule has 1 saturated carbocycles. The number of anilines is 2. The normalized spacial score (nSPS) is 17.5. The Labute approximate surface area is 256 Å². The van der Waals surface area contributed by atoms with Crippen LogP contribution in [0.25, 0.3) is 22.0 Å². The van der Waals surface area contributed by atoms with Crippen LogP contribution in [0.3, 0.4) is 0 Å². The van der Waals surface area contributed by atoms with Crippen LogP contribution >= 0.6 is 0 Å². The summed E-state index contributed by atoms with van der Waals surface area (Å²) in [5, 5.41) is 14.2. The Kier molecular flexibility index (Phi) is 8.51. The number of sulfonamides is 1. The van der Waals surface area contributed by atoms with E-state index in [2.05, 4.69) is 20.0 Å². The molecule has 1 aliphatic heterocycles. The first-order chi connectivity index (χ1) is 21.3. The maximum atomic E-state index is 13.0. The van der Waals surface area contributed by atoms with Gasteiger partial charge in [-0.1, -0.05) is 37.1 Å². The number of piperidine rings is 1. The minimum atomic E-state index is -3.51. The molecule has 1 amide bonds. The summed E-state index contributed by atoms with van der Waals surface area (Å²) >= 11 is 0. The van der Waals surface area contributed by atoms with E-state index in [0.29, 0.717) is 47.6 Å². The number of ether oxygens (including phenoxy) is 1. The monoisotopic (exact) mass is 616 g/mol. The van der Waals surface area contributed by atoms with Crippen molar-refractivity contribution in [1.82, 2.24) is 19.9 Å². The van der Waals surface area contributed by atoms with Gasteiger partial charge in [0.05, 0.1) is 22.7 Å². The Morgan fingerprint density at radius 2 is 1.84 bits per heavy atom. The van der Waals surface area contributed by atoms with E-state index in [1.54, 1.807) is 30.6 Å². The van der Waals surface area contributed by atoms with E-state index >= 15 is 0 Å². The Morgan fingerprint density at radius 1 is 1.00 bits per heavy atom. The number of aryl methyl sites for hydroxylation is 1. The number of carbonyl (C=O) groups is 1. The molecule has 4 aromatic rings. The predicted octanol–water partition coefficient (Wildman–Crippen LogP) is 6.28. The molecule has 0 spiro atoms. The van der Waals surface area contributed by atoms with Gasteiger partial charge in [-0.05, 0) is 68.4 Å². The lowest BCUT2D eigenvalue weighted by Crippen LogP contribution is -2.44. The van der Waals surface area contributed by atoms with Crippen LogP contribution in [-0.4, -0.2) is 64.4 Å². The van der Waals surface area contributed by atoms with E-state index in [0.717, 1.165) is 54.9 Å². The third-order valence-corrected chi connectivity index (χ3v) is 9.77. The molecule has 0 radical (unpaired) electrons. The van der Waals surface area contributed by atoms with E-state index in [1.807, 2.05) is 37.3 Å². The summed E-state index contributed by atoms with van der Waals surface area (Å²) in [7, 11) is -3.51. The van der Waals surface area contributed by atoms with Crippen molar-refractivity contribution in [1.29, 1.82) is 0 Å². The zero-order chi connectivity index (χ0) is 30.7. The molecule has 2 aromatic carbocycles. The van der Waals surface area contributed by atoms with Crippen LogP contribution in [0.4, 0.5) is 16.4 Å². The number of pyridine rings is 1. The van der Waals surface area contributed by atoms with Crippen molar-refractivity contribution < 1.29 is 23.1 Å². The van der Waals surface area contributed by atoms with Crippen LogP contribution in [0.2, 0.25) is 0 Å². The second-order valence-corrected chi connectivity index (χ2v) is 13.3. The summed E-state index contributed by atoms with van der Waals surface area (Å²) in [6.07, 6.45) is 8.01. The zero-order valence-electron chi connectivity index (χ0n) is 24.6. The van der Waals surface area contributed by atoms with Gasteiger partial charge in [-0.25, -0.2) is 28.2 Å². The summed E-state index contributed by atoms with van der Waals surface area (Å²) in [6, 6.07) is 14.7. The zero-order valence-corrected chi connectivity index (χ0v) is 25.4. The van der Waals surface area contributed by atoms with Crippen molar-refractivity contribution in [2.24, 2.45) is 5.92 Å². The summed E-state index contributed by atoms with van der Waals surface area (Å²) < 4.78 is 35.4. The molecular formula is C32H36N6O5S. The van der Waals surface area contributed by atoms with Crippen LogP contribution in [-0.2, 0) is 10.0 Å². The molecule has 1 atom stereocenters. The Bertz CT molecular complexity index is 1780. The van der Waals surface area contributed by atoms with Crippen molar-refractivity contribution in [3.63, 3.8) is 0 Å². The van der Waals surface area contributed by atoms with E-state index < -0.39 is 16.1 Å². The maximum Gasteiger partial charge on any atom is 0.407 e. The van der Waals surface area contributed by atoms with E-state index in [-0.39, 0.29) is 17.7 Å². The van der Waals surface area contributed by atoms with Crippen molar-refractivity contribution in [2.45, 2.75) is 51.5 Å². The van der Waals surface area contributed by atoms with Crippen molar-refractivity contribution in [3.05, 3.63) is 66.5 Å². The minimum absolute atomic E-state index is 0.0946. The number of rotatable bonds is 9. The molecule has 2 aliphatic rings. The smallest absolute Gasteiger partial charge is 0.407 e. The summed E-state index contributed by atoms with van der Waals surface area (Å²) in [6.45, 7) is 2.82. The highest BCUT2D eigenvalue weighted by Gasteiger charge is 2.25. The number of nitrogens with one attached hydrogen (secondary N) is 2. The Morgan fingerprint density at radius 3 is 2.66 bits per heavy atom. The second kappa shape index (κ2) is 12.7. The number of amides is 1. The first-order valence-electron chi connectivity index (χ1n) is 15.0. The van der Waals surface area contributed by atoms with Gasteiger partial charge in [0.15, 0.2) is 0 Å². The molecular weight excluding hydrogens is 580 g/mol. The van der Waals surface area contributed by atoms with Crippen LogP contribution in [0.15, 0.2) is 60.9 Å². The Balaban J connectivity index is 1.27. The lowest BCUT2D eigenvalue weighted by Gasteiger charge is -2.31. The third-order valence-electron chi connectivity index (χ3n) is 8.33. The number of carboxylic acid groups (broad SMARTS) is 1. The number of nitrogens with zero attached hydrogens (tertiary/aromatic N) is 4. The number of likely N-dealkylation sites (tertiary alicyclic amines) is 1. The summed E-state index contributed by atoms with van der Waals surface area (Å²) in [5.74, 6) is 1.64. The van der Waals surface area contributed by atoms with Gasteiger partial charge in [-0.3, -0.25) is 4.72 Å². The number of benzene rings is 2. The average Bonchev–Trinajstić information content (AvgIpc) is 3.51.